The van der Waals surface area contributed by atoms with Gasteiger partial charge in [-0.25, -0.2) is 10.1 Å². The van der Waals surface area contributed by atoms with Crippen LogP contribution in [-0.4, -0.2) is 28.3 Å². The van der Waals surface area contributed by atoms with Crippen molar-refractivity contribution < 1.29 is 13.2 Å². The van der Waals surface area contributed by atoms with Gasteiger partial charge in [0.1, 0.15) is 5.82 Å². The quantitative estimate of drug-likeness (QED) is 0.923. The van der Waals surface area contributed by atoms with Gasteiger partial charge < -0.3 is 4.90 Å². The summed E-state index contributed by atoms with van der Waals surface area (Å²) in [5.74, 6) is -0.0367. The maximum atomic E-state index is 13.4. The van der Waals surface area contributed by atoms with Gasteiger partial charge in [-0.2, -0.15) is 18.3 Å². The Morgan fingerprint density at radius 1 is 1.13 bits per heavy atom. The molecule has 1 fully saturated rings. The molecule has 1 aliphatic heterocycles. The molecule has 0 bridgehead atoms. The normalized spacial score (nSPS) is 15.7. The average Bonchev–Trinajstić information content (AvgIpc) is 2.55. The van der Waals surface area contributed by atoms with Crippen molar-refractivity contribution in [2.24, 2.45) is 0 Å². The smallest absolute Gasteiger partial charge is 0.356 e. The molecule has 1 saturated heterocycles. The third-order valence-electron chi connectivity index (χ3n) is 3.80. The number of hydrogen-bond donors (Lipinski definition) is 1. The van der Waals surface area contributed by atoms with Gasteiger partial charge in [-0.15, -0.1) is 0 Å². The van der Waals surface area contributed by atoms with Crippen molar-refractivity contribution in [1.82, 2.24) is 15.2 Å². The number of aromatic amines is 1. The van der Waals surface area contributed by atoms with Crippen molar-refractivity contribution in [2.75, 3.05) is 18.0 Å². The van der Waals surface area contributed by atoms with Crippen LogP contribution in [0.15, 0.2) is 29.2 Å². The number of piperidine rings is 1. The highest BCUT2D eigenvalue weighted by atomic mass is 19.4. The second-order valence-corrected chi connectivity index (χ2v) is 5.45. The van der Waals surface area contributed by atoms with E-state index < -0.39 is 17.3 Å². The van der Waals surface area contributed by atoms with E-state index in [1.54, 1.807) is 4.90 Å². The number of anilines is 1. The van der Waals surface area contributed by atoms with Crippen LogP contribution in [0.2, 0.25) is 0 Å². The fourth-order valence-electron chi connectivity index (χ4n) is 2.67. The maximum Gasteiger partial charge on any atom is 0.419 e. The largest absolute Gasteiger partial charge is 0.419 e. The van der Waals surface area contributed by atoms with Crippen LogP contribution in [0.5, 0.6) is 0 Å². The van der Waals surface area contributed by atoms with E-state index in [9.17, 15) is 18.0 Å². The molecule has 8 heteroatoms. The van der Waals surface area contributed by atoms with E-state index in [2.05, 4.69) is 15.2 Å². The van der Waals surface area contributed by atoms with E-state index in [1.807, 2.05) is 0 Å². The summed E-state index contributed by atoms with van der Waals surface area (Å²) in [6.45, 7) is 1.15. The number of alkyl halides is 3. The lowest BCUT2D eigenvalue weighted by Crippen LogP contribution is -2.32. The monoisotopic (exact) mass is 324 g/mol. The molecule has 0 aromatic carbocycles. The number of rotatable bonds is 2. The molecule has 1 aliphatic rings. The lowest BCUT2D eigenvalue weighted by Gasteiger charge is -2.30. The highest BCUT2D eigenvalue weighted by Gasteiger charge is 2.36. The van der Waals surface area contributed by atoms with Gasteiger partial charge in [0.15, 0.2) is 0 Å². The molecule has 0 aliphatic carbocycles. The van der Waals surface area contributed by atoms with Crippen LogP contribution in [-0.2, 0) is 6.18 Å². The summed E-state index contributed by atoms with van der Waals surface area (Å²) in [6.07, 6.45) is -0.389. The second-order valence-electron chi connectivity index (χ2n) is 5.45. The van der Waals surface area contributed by atoms with Crippen LogP contribution in [0.1, 0.15) is 24.8 Å². The van der Waals surface area contributed by atoms with Crippen molar-refractivity contribution in [3.63, 3.8) is 0 Å². The average molecular weight is 324 g/mol. The Labute approximate surface area is 130 Å². The molecule has 3 heterocycles. The number of H-pyrrole nitrogens is 1. The topological polar surface area (TPSA) is 61.9 Å². The van der Waals surface area contributed by atoms with Crippen LogP contribution in [0.3, 0.4) is 0 Å². The second kappa shape index (κ2) is 6.02. The predicted octanol–water partition coefficient (Wildman–Crippen LogP) is 2.84. The van der Waals surface area contributed by atoms with Gasteiger partial charge in [-0.05, 0) is 31.4 Å². The van der Waals surface area contributed by atoms with Crippen molar-refractivity contribution in [3.8, 4) is 11.3 Å². The van der Waals surface area contributed by atoms with Crippen LogP contribution >= 0.6 is 0 Å². The van der Waals surface area contributed by atoms with Crippen molar-refractivity contribution in [1.29, 1.82) is 0 Å². The molecule has 3 rings (SSSR count). The van der Waals surface area contributed by atoms with Gasteiger partial charge in [0.05, 0.1) is 11.3 Å². The van der Waals surface area contributed by atoms with Crippen molar-refractivity contribution in [2.45, 2.75) is 25.4 Å². The molecule has 0 spiro atoms. The Bertz CT molecular complexity index is 731. The summed E-state index contributed by atoms with van der Waals surface area (Å²) in [7, 11) is 0. The Hall–Kier alpha value is -2.38. The highest BCUT2D eigenvalue weighted by Crippen LogP contribution is 2.38. The van der Waals surface area contributed by atoms with Crippen LogP contribution in [0, 0.1) is 0 Å². The maximum absolute atomic E-state index is 13.4. The zero-order valence-corrected chi connectivity index (χ0v) is 12.2. The lowest BCUT2D eigenvalue weighted by molar-refractivity contribution is -0.137. The first-order valence-corrected chi connectivity index (χ1v) is 7.33. The standard InChI is InChI=1S/C15H15F3N4O/c16-15(17,18)11-8-10(12-4-5-13(23)21-20-12)9-19-14(11)22-6-2-1-3-7-22/h4-5,8-9H,1-3,6-7H2,(H,21,23). The minimum atomic E-state index is -4.50. The third-order valence-corrected chi connectivity index (χ3v) is 3.80. The number of nitrogens with one attached hydrogen (secondary N) is 1. The zero-order chi connectivity index (χ0) is 16.4. The molecule has 0 unspecified atom stereocenters. The molecule has 0 radical (unpaired) electrons. The number of halogens is 3. The molecular formula is C15H15F3N4O. The van der Waals surface area contributed by atoms with Crippen LogP contribution in [0.25, 0.3) is 11.3 Å². The SMILES string of the molecule is O=c1ccc(-c2cnc(N3CCCCC3)c(C(F)(F)F)c2)n[nH]1. The Balaban J connectivity index is 2.04. The number of pyridine rings is 1. The molecular weight excluding hydrogens is 309 g/mol. The predicted molar refractivity (Wildman–Crippen MR) is 79.2 cm³/mol. The van der Waals surface area contributed by atoms with Crippen LogP contribution in [0.4, 0.5) is 19.0 Å². The van der Waals surface area contributed by atoms with Gasteiger partial charge in [0.25, 0.3) is 5.56 Å². The third kappa shape index (κ3) is 3.35. The first kappa shape index (κ1) is 15.5. The minimum absolute atomic E-state index is 0.0367. The summed E-state index contributed by atoms with van der Waals surface area (Å²) < 4.78 is 40.3. The van der Waals surface area contributed by atoms with Crippen LogP contribution < -0.4 is 10.5 Å². The van der Waals surface area contributed by atoms with E-state index in [0.29, 0.717) is 13.1 Å². The molecule has 0 saturated carbocycles. The summed E-state index contributed by atoms with van der Waals surface area (Å²) in [6, 6.07) is 3.63. The molecule has 0 atom stereocenters. The van der Waals surface area contributed by atoms with E-state index >= 15 is 0 Å². The van der Waals surface area contributed by atoms with E-state index in [4.69, 9.17) is 0 Å². The minimum Gasteiger partial charge on any atom is -0.356 e. The molecule has 23 heavy (non-hydrogen) atoms. The Morgan fingerprint density at radius 3 is 2.48 bits per heavy atom. The summed E-state index contributed by atoms with van der Waals surface area (Å²) in [5, 5.41) is 5.96. The lowest BCUT2D eigenvalue weighted by atomic mass is 10.1. The zero-order valence-electron chi connectivity index (χ0n) is 12.2. The molecule has 2 aromatic rings. The summed E-state index contributed by atoms with van der Waals surface area (Å²) >= 11 is 0. The molecule has 2 aromatic heterocycles. The molecule has 5 nitrogen and oxygen atoms in total. The van der Waals surface area contributed by atoms with Crippen molar-refractivity contribution in [3.05, 3.63) is 40.3 Å². The fourth-order valence-corrected chi connectivity index (χ4v) is 2.67. The van der Waals surface area contributed by atoms with Crippen molar-refractivity contribution >= 4 is 5.82 Å². The summed E-state index contributed by atoms with van der Waals surface area (Å²) in [4.78, 5) is 16.7. The first-order chi connectivity index (χ1) is 10.9. The van der Waals surface area contributed by atoms with Gasteiger partial charge in [0.2, 0.25) is 0 Å². The number of nitrogens with zero attached hydrogens (tertiary/aromatic N) is 3. The van der Waals surface area contributed by atoms with Gasteiger partial charge >= 0.3 is 6.18 Å². The Morgan fingerprint density at radius 2 is 1.87 bits per heavy atom. The van der Waals surface area contributed by atoms with Gasteiger partial charge in [0, 0.05) is 30.9 Å². The van der Waals surface area contributed by atoms with Gasteiger partial charge in [-0.3, -0.25) is 4.79 Å². The Kier molecular flexibility index (Phi) is 4.06. The number of hydrogen-bond acceptors (Lipinski definition) is 4. The number of aromatic nitrogens is 3. The molecule has 1 N–H and O–H groups in total. The highest BCUT2D eigenvalue weighted by molar-refractivity contribution is 5.63. The first-order valence-electron chi connectivity index (χ1n) is 7.33. The van der Waals surface area contributed by atoms with E-state index in [1.165, 1.54) is 18.3 Å². The van der Waals surface area contributed by atoms with Gasteiger partial charge in [-0.1, -0.05) is 0 Å². The molecule has 122 valence electrons. The fraction of sp³-hybridized carbons (Fsp3) is 0.400. The molecule has 0 amide bonds. The van der Waals surface area contributed by atoms with E-state index in [-0.39, 0.29) is 17.1 Å². The van der Waals surface area contributed by atoms with E-state index in [0.717, 1.165) is 25.3 Å². The summed E-state index contributed by atoms with van der Waals surface area (Å²) in [5.41, 5.74) is -0.727.